The van der Waals surface area contributed by atoms with Gasteiger partial charge in [0.2, 0.25) is 0 Å². The van der Waals surface area contributed by atoms with Gasteiger partial charge in [-0.05, 0) is 45.3 Å². The van der Waals surface area contributed by atoms with Gasteiger partial charge in [0.25, 0.3) is 0 Å². The standard InChI is InChI=1S/C14H26OSi/c1-8-11-14(4,15-16(5,6)7)12-10-13(3)9-2/h1,9,13H,2,10-12H2,3-7H3. The van der Waals surface area contributed by atoms with Crippen molar-refractivity contribution >= 4 is 8.32 Å². The molecule has 0 rings (SSSR count). The Bertz CT molecular complexity index is 259. The minimum absolute atomic E-state index is 0.156. The van der Waals surface area contributed by atoms with E-state index in [-0.39, 0.29) is 5.60 Å². The summed E-state index contributed by atoms with van der Waals surface area (Å²) in [5, 5.41) is 0. The molecule has 0 saturated carbocycles. The molecule has 0 fully saturated rings. The van der Waals surface area contributed by atoms with E-state index in [1.165, 1.54) is 0 Å². The number of hydrogen-bond donors (Lipinski definition) is 0. The molecular weight excluding hydrogens is 212 g/mol. The Hall–Kier alpha value is -0.523. The van der Waals surface area contributed by atoms with Crippen LogP contribution in [-0.4, -0.2) is 13.9 Å². The molecule has 0 aliphatic rings. The SMILES string of the molecule is C#CCC(C)(CCC(C)C=C)O[Si](C)(C)C. The molecule has 0 aliphatic heterocycles. The highest BCUT2D eigenvalue weighted by Crippen LogP contribution is 2.28. The molecule has 0 heterocycles. The average molecular weight is 238 g/mol. The first-order valence-corrected chi connectivity index (χ1v) is 9.39. The van der Waals surface area contributed by atoms with Gasteiger partial charge in [0, 0.05) is 6.42 Å². The molecule has 0 aromatic carbocycles. The second kappa shape index (κ2) is 6.27. The van der Waals surface area contributed by atoms with E-state index in [0.29, 0.717) is 12.3 Å². The van der Waals surface area contributed by atoms with Crippen LogP contribution in [0, 0.1) is 18.3 Å². The summed E-state index contributed by atoms with van der Waals surface area (Å²) >= 11 is 0. The summed E-state index contributed by atoms with van der Waals surface area (Å²) in [6.07, 6.45) is 10.2. The lowest BCUT2D eigenvalue weighted by Gasteiger charge is -2.35. The third kappa shape index (κ3) is 6.87. The molecule has 1 nitrogen and oxygen atoms in total. The van der Waals surface area contributed by atoms with Gasteiger partial charge in [-0.3, -0.25) is 0 Å². The predicted octanol–water partition coefficient (Wildman–Crippen LogP) is 4.22. The average Bonchev–Trinajstić information content (AvgIpc) is 2.11. The van der Waals surface area contributed by atoms with E-state index in [1.807, 2.05) is 6.08 Å². The van der Waals surface area contributed by atoms with Crippen LogP contribution in [0.4, 0.5) is 0 Å². The van der Waals surface area contributed by atoms with Crippen LogP contribution in [0.5, 0.6) is 0 Å². The number of rotatable bonds is 7. The van der Waals surface area contributed by atoms with Crippen molar-refractivity contribution in [1.82, 2.24) is 0 Å². The largest absolute Gasteiger partial charge is 0.411 e. The third-order valence-electron chi connectivity index (χ3n) is 2.56. The van der Waals surface area contributed by atoms with Crippen LogP contribution < -0.4 is 0 Å². The van der Waals surface area contributed by atoms with Crippen molar-refractivity contribution in [2.75, 3.05) is 0 Å². The van der Waals surface area contributed by atoms with Gasteiger partial charge in [0.05, 0.1) is 5.60 Å². The third-order valence-corrected chi connectivity index (χ3v) is 3.66. The van der Waals surface area contributed by atoms with Crippen molar-refractivity contribution in [3.8, 4) is 12.3 Å². The maximum atomic E-state index is 6.22. The molecule has 2 heteroatoms. The van der Waals surface area contributed by atoms with Crippen LogP contribution in [0.2, 0.25) is 19.6 Å². The molecule has 0 aliphatic carbocycles. The fourth-order valence-electron chi connectivity index (χ4n) is 1.78. The lowest BCUT2D eigenvalue weighted by molar-refractivity contribution is 0.0713. The van der Waals surface area contributed by atoms with Gasteiger partial charge in [-0.2, -0.15) is 0 Å². The maximum absolute atomic E-state index is 6.22. The van der Waals surface area contributed by atoms with Crippen molar-refractivity contribution in [3.05, 3.63) is 12.7 Å². The van der Waals surface area contributed by atoms with E-state index < -0.39 is 8.32 Å². The molecule has 0 bridgehead atoms. The van der Waals surface area contributed by atoms with Crippen LogP contribution in [0.25, 0.3) is 0 Å². The highest BCUT2D eigenvalue weighted by Gasteiger charge is 2.30. The molecule has 0 saturated heterocycles. The highest BCUT2D eigenvalue weighted by molar-refractivity contribution is 6.69. The summed E-state index contributed by atoms with van der Waals surface area (Å²) < 4.78 is 6.22. The Morgan fingerprint density at radius 3 is 2.44 bits per heavy atom. The van der Waals surface area contributed by atoms with Crippen molar-refractivity contribution in [2.24, 2.45) is 5.92 Å². The van der Waals surface area contributed by atoms with Gasteiger partial charge in [-0.15, -0.1) is 18.9 Å². The molecule has 0 aromatic rings. The van der Waals surface area contributed by atoms with Gasteiger partial charge in [-0.1, -0.05) is 13.0 Å². The Labute approximate surface area is 102 Å². The lowest BCUT2D eigenvalue weighted by atomic mass is 9.92. The summed E-state index contributed by atoms with van der Waals surface area (Å²) in [6.45, 7) is 14.7. The fourth-order valence-corrected chi connectivity index (χ4v) is 3.43. The smallest absolute Gasteiger partial charge is 0.184 e. The van der Waals surface area contributed by atoms with Crippen LogP contribution in [0.1, 0.15) is 33.1 Å². The zero-order valence-corrected chi connectivity index (χ0v) is 12.5. The Balaban J connectivity index is 4.45. The van der Waals surface area contributed by atoms with Gasteiger partial charge < -0.3 is 4.43 Å². The van der Waals surface area contributed by atoms with E-state index in [4.69, 9.17) is 10.8 Å². The monoisotopic (exact) mass is 238 g/mol. The summed E-state index contributed by atoms with van der Waals surface area (Å²) in [5.74, 6) is 3.27. The van der Waals surface area contributed by atoms with Crippen LogP contribution in [0.15, 0.2) is 12.7 Å². The fraction of sp³-hybridized carbons (Fsp3) is 0.714. The predicted molar refractivity (Wildman–Crippen MR) is 74.9 cm³/mol. The summed E-state index contributed by atoms with van der Waals surface area (Å²) in [4.78, 5) is 0. The van der Waals surface area contributed by atoms with Crippen molar-refractivity contribution in [1.29, 1.82) is 0 Å². The van der Waals surface area contributed by atoms with Crippen LogP contribution in [0.3, 0.4) is 0 Å². The molecule has 16 heavy (non-hydrogen) atoms. The first-order chi connectivity index (χ1) is 7.22. The van der Waals surface area contributed by atoms with Crippen molar-refractivity contribution < 1.29 is 4.43 Å². The molecule has 0 aromatic heterocycles. The minimum atomic E-state index is -1.53. The van der Waals surface area contributed by atoms with Crippen molar-refractivity contribution in [2.45, 2.75) is 58.4 Å². The topological polar surface area (TPSA) is 9.23 Å². The molecule has 0 N–H and O–H groups in total. The van der Waals surface area contributed by atoms with Crippen LogP contribution in [-0.2, 0) is 4.43 Å². The molecule has 0 radical (unpaired) electrons. The number of hydrogen-bond acceptors (Lipinski definition) is 1. The van der Waals surface area contributed by atoms with E-state index in [1.54, 1.807) is 0 Å². The first kappa shape index (κ1) is 15.5. The molecule has 2 unspecified atom stereocenters. The van der Waals surface area contributed by atoms with Gasteiger partial charge in [-0.25, -0.2) is 0 Å². The van der Waals surface area contributed by atoms with Gasteiger partial charge in [0.15, 0.2) is 8.32 Å². The number of terminal acetylenes is 1. The minimum Gasteiger partial charge on any atom is -0.411 e. The van der Waals surface area contributed by atoms with E-state index in [0.717, 1.165) is 12.8 Å². The second-order valence-electron chi connectivity index (χ2n) is 5.80. The molecule has 92 valence electrons. The zero-order chi connectivity index (χ0) is 12.8. The number of allylic oxidation sites excluding steroid dienone is 1. The zero-order valence-electron chi connectivity index (χ0n) is 11.5. The van der Waals surface area contributed by atoms with Gasteiger partial charge in [0.1, 0.15) is 0 Å². The van der Waals surface area contributed by atoms with Gasteiger partial charge >= 0.3 is 0 Å². The van der Waals surface area contributed by atoms with E-state index in [9.17, 15) is 0 Å². The summed E-state index contributed by atoms with van der Waals surface area (Å²) in [7, 11) is -1.53. The first-order valence-electron chi connectivity index (χ1n) is 5.98. The lowest BCUT2D eigenvalue weighted by Crippen LogP contribution is -2.40. The van der Waals surface area contributed by atoms with Crippen molar-refractivity contribution in [3.63, 3.8) is 0 Å². The summed E-state index contributed by atoms with van der Waals surface area (Å²) in [6, 6.07) is 0. The normalized spacial score (nSPS) is 17.2. The Morgan fingerprint density at radius 2 is 2.06 bits per heavy atom. The maximum Gasteiger partial charge on any atom is 0.184 e. The Morgan fingerprint density at radius 1 is 1.50 bits per heavy atom. The highest BCUT2D eigenvalue weighted by atomic mass is 28.4. The Kier molecular flexibility index (Phi) is 6.07. The van der Waals surface area contributed by atoms with E-state index >= 15 is 0 Å². The molecule has 0 amide bonds. The quantitative estimate of drug-likeness (QED) is 0.366. The van der Waals surface area contributed by atoms with E-state index in [2.05, 4.69) is 46.0 Å². The summed E-state index contributed by atoms with van der Waals surface area (Å²) in [5.41, 5.74) is -0.156. The second-order valence-corrected chi connectivity index (χ2v) is 10.2. The molecule has 2 atom stereocenters. The molecular formula is C14H26OSi. The van der Waals surface area contributed by atoms with Crippen LogP contribution >= 0.6 is 0 Å². The molecule has 0 spiro atoms.